The van der Waals surface area contributed by atoms with Crippen LogP contribution in [0.1, 0.15) is 30.9 Å². The van der Waals surface area contributed by atoms with Crippen molar-refractivity contribution in [1.82, 2.24) is 20.4 Å². The molecular weight excluding hydrogens is 240 g/mol. The van der Waals surface area contributed by atoms with Crippen LogP contribution in [0.25, 0.3) is 11.5 Å². The Labute approximate surface area is 113 Å². The van der Waals surface area contributed by atoms with Crippen LogP contribution in [-0.2, 0) is 6.42 Å². The van der Waals surface area contributed by atoms with Crippen molar-refractivity contribution in [3.05, 3.63) is 29.3 Å². The second-order valence-electron chi connectivity index (χ2n) is 5.05. The normalized spacial score (nSPS) is 11.2. The molecule has 0 bridgehead atoms. The number of pyridine rings is 1. The van der Waals surface area contributed by atoms with Crippen molar-refractivity contribution in [2.45, 2.75) is 40.2 Å². The summed E-state index contributed by atoms with van der Waals surface area (Å²) in [7, 11) is 0. The van der Waals surface area contributed by atoms with E-state index in [4.69, 9.17) is 4.52 Å². The standard InChI is InChI=1S/C14H20N4O/c1-9(2)15-6-5-12-17-14(18-19-12)13-11(4)7-10(3)8-16-13/h7-9,15H,5-6H2,1-4H3. The van der Waals surface area contributed by atoms with Crippen LogP contribution in [0.5, 0.6) is 0 Å². The fourth-order valence-electron chi connectivity index (χ4n) is 1.87. The lowest BCUT2D eigenvalue weighted by molar-refractivity contribution is 0.374. The number of aryl methyl sites for hydroxylation is 2. The summed E-state index contributed by atoms with van der Waals surface area (Å²) in [5.74, 6) is 1.21. The molecule has 0 aromatic carbocycles. The topological polar surface area (TPSA) is 63.8 Å². The molecule has 0 spiro atoms. The lowest BCUT2D eigenvalue weighted by atomic mass is 10.1. The average molecular weight is 260 g/mol. The number of nitrogens with zero attached hydrogens (tertiary/aromatic N) is 3. The molecule has 2 aromatic rings. The van der Waals surface area contributed by atoms with Crippen molar-refractivity contribution in [2.24, 2.45) is 0 Å². The summed E-state index contributed by atoms with van der Waals surface area (Å²) in [5, 5.41) is 7.32. The zero-order valence-corrected chi connectivity index (χ0v) is 11.9. The first-order valence-corrected chi connectivity index (χ1v) is 6.56. The summed E-state index contributed by atoms with van der Waals surface area (Å²) in [6, 6.07) is 2.53. The summed E-state index contributed by atoms with van der Waals surface area (Å²) in [6.07, 6.45) is 2.55. The number of nitrogens with one attached hydrogen (secondary N) is 1. The number of hydrogen-bond acceptors (Lipinski definition) is 5. The van der Waals surface area contributed by atoms with Gasteiger partial charge in [0.1, 0.15) is 5.69 Å². The van der Waals surface area contributed by atoms with Gasteiger partial charge in [0.15, 0.2) is 0 Å². The van der Waals surface area contributed by atoms with Crippen LogP contribution in [0.3, 0.4) is 0 Å². The van der Waals surface area contributed by atoms with Gasteiger partial charge in [0.25, 0.3) is 0 Å². The molecule has 2 rings (SSSR count). The lowest BCUT2D eigenvalue weighted by Gasteiger charge is -2.04. The molecule has 19 heavy (non-hydrogen) atoms. The molecule has 0 aliphatic rings. The molecule has 5 heteroatoms. The molecule has 0 atom stereocenters. The molecule has 0 aliphatic heterocycles. The highest BCUT2D eigenvalue weighted by molar-refractivity contribution is 5.53. The zero-order valence-electron chi connectivity index (χ0n) is 11.9. The molecule has 5 nitrogen and oxygen atoms in total. The molecule has 2 heterocycles. The minimum atomic E-state index is 0.461. The second kappa shape index (κ2) is 5.93. The molecule has 102 valence electrons. The monoisotopic (exact) mass is 260 g/mol. The van der Waals surface area contributed by atoms with E-state index in [1.54, 1.807) is 0 Å². The van der Waals surface area contributed by atoms with Gasteiger partial charge in [0.05, 0.1) is 0 Å². The van der Waals surface area contributed by atoms with Crippen molar-refractivity contribution in [1.29, 1.82) is 0 Å². The molecule has 0 unspecified atom stereocenters. The van der Waals surface area contributed by atoms with Gasteiger partial charge in [-0.15, -0.1) is 0 Å². The number of hydrogen-bond donors (Lipinski definition) is 1. The highest BCUT2D eigenvalue weighted by Crippen LogP contribution is 2.18. The van der Waals surface area contributed by atoms with E-state index in [1.807, 2.05) is 20.0 Å². The molecule has 0 radical (unpaired) electrons. The highest BCUT2D eigenvalue weighted by atomic mass is 16.5. The van der Waals surface area contributed by atoms with E-state index >= 15 is 0 Å². The third-order valence-corrected chi connectivity index (χ3v) is 2.79. The predicted molar refractivity (Wildman–Crippen MR) is 73.8 cm³/mol. The van der Waals surface area contributed by atoms with E-state index in [2.05, 4.69) is 40.4 Å². The van der Waals surface area contributed by atoms with E-state index in [0.29, 0.717) is 17.8 Å². The summed E-state index contributed by atoms with van der Waals surface area (Å²) >= 11 is 0. The average Bonchev–Trinajstić information content (AvgIpc) is 2.77. The van der Waals surface area contributed by atoms with Gasteiger partial charge in [-0.25, -0.2) is 0 Å². The zero-order chi connectivity index (χ0) is 13.8. The third kappa shape index (κ3) is 3.61. The van der Waals surface area contributed by atoms with Gasteiger partial charge in [0, 0.05) is 25.2 Å². The third-order valence-electron chi connectivity index (χ3n) is 2.79. The Hall–Kier alpha value is -1.75. The fraction of sp³-hybridized carbons (Fsp3) is 0.500. The number of rotatable bonds is 5. The molecular formula is C14H20N4O. The van der Waals surface area contributed by atoms with Crippen LogP contribution in [0.15, 0.2) is 16.8 Å². The predicted octanol–water partition coefficient (Wildman–Crippen LogP) is 2.29. The first kappa shape index (κ1) is 13.7. The maximum atomic E-state index is 5.24. The van der Waals surface area contributed by atoms with E-state index < -0.39 is 0 Å². The smallest absolute Gasteiger partial charge is 0.228 e. The number of aromatic nitrogens is 3. The van der Waals surface area contributed by atoms with Crippen LogP contribution < -0.4 is 5.32 Å². The first-order valence-electron chi connectivity index (χ1n) is 6.56. The Balaban J connectivity index is 2.08. The van der Waals surface area contributed by atoms with Gasteiger partial charge in [-0.3, -0.25) is 4.98 Å². The van der Waals surface area contributed by atoms with Gasteiger partial charge in [-0.1, -0.05) is 25.1 Å². The second-order valence-corrected chi connectivity index (χ2v) is 5.05. The van der Waals surface area contributed by atoms with Crippen LogP contribution in [0.2, 0.25) is 0 Å². The van der Waals surface area contributed by atoms with E-state index in [0.717, 1.165) is 29.8 Å². The molecule has 0 fully saturated rings. The van der Waals surface area contributed by atoms with Crippen LogP contribution in [-0.4, -0.2) is 27.7 Å². The Morgan fingerprint density at radius 2 is 2.11 bits per heavy atom. The maximum absolute atomic E-state index is 5.24. The summed E-state index contributed by atoms with van der Waals surface area (Å²) in [5.41, 5.74) is 2.98. The van der Waals surface area contributed by atoms with Crippen LogP contribution in [0, 0.1) is 13.8 Å². The van der Waals surface area contributed by atoms with Crippen molar-refractivity contribution in [3.63, 3.8) is 0 Å². The van der Waals surface area contributed by atoms with E-state index in [1.165, 1.54) is 0 Å². The first-order chi connectivity index (χ1) is 9.06. The quantitative estimate of drug-likeness (QED) is 0.893. The minimum absolute atomic E-state index is 0.461. The molecule has 0 saturated heterocycles. The highest BCUT2D eigenvalue weighted by Gasteiger charge is 2.12. The lowest BCUT2D eigenvalue weighted by Crippen LogP contribution is -2.25. The van der Waals surface area contributed by atoms with Crippen molar-refractivity contribution in [3.8, 4) is 11.5 Å². The van der Waals surface area contributed by atoms with Gasteiger partial charge in [-0.05, 0) is 25.0 Å². The van der Waals surface area contributed by atoms with Gasteiger partial charge in [0.2, 0.25) is 11.7 Å². The Kier molecular flexibility index (Phi) is 4.27. The Morgan fingerprint density at radius 1 is 1.32 bits per heavy atom. The maximum Gasteiger partial charge on any atom is 0.228 e. The van der Waals surface area contributed by atoms with Crippen LogP contribution in [0.4, 0.5) is 0 Å². The minimum Gasteiger partial charge on any atom is -0.339 e. The Morgan fingerprint density at radius 3 is 2.79 bits per heavy atom. The van der Waals surface area contributed by atoms with Crippen LogP contribution >= 0.6 is 0 Å². The molecule has 1 N–H and O–H groups in total. The largest absolute Gasteiger partial charge is 0.339 e. The Bertz CT molecular complexity index is 548. The van der Waals surface area contributed by atoms with E-state index in [-0.39, 0.29) is 0 Å². The molecule has 0 aliphatic carbocycles. The van der Waals surface area contributed by atoms with Gasteiger partial charge >= 0.3 is 0 Å². The summed E-state index contributed by atoms with van der Waals surface area (Å²) < 4.78 is 5.24. The van der Waals surface area contributed by atoms with Crippen molar-refractivity contribution < 1.29 is 4.52 Å². The summed E-state index contributed by atoms with van der Waals surface area (Å²) in [4.78, 5) is 8.76. The molecule has 2 aromatic heterocycles. The van der Waals surface area contributed by atoms with Crippen molar-refractivity contribution >= 4 is 0 Å². The molecule has 0 amide bonds. The molecule has 0 saturated carbocycles. The summed E-state index contributed by atoms with van der Waals surface area (Å²) in [6.45, 7) is 9.08. The van der Waals surface area contributed by atoms with E-state index in [9.17, 15) is 0 Å². The fourth-order valence-corrected chi connectivity index (χ4v) is 1.87. The SMILES string of the molecule is Cc1cnc(-c2noc(CCNC(C)C)n2)c(C)c1. The van der Waals surface area contributed by atoms with Gasteiger partial charge in [-0.2, -0.15) is 4.98 Å². The van der Waals surface area contributed by atoms with Crippen molar-refractivity contribution in [2.75, 3.05) is 6.54 Å². The van der Waals surface area contributed by atoms with Gasteiger partial charge < -0.3 is 9.84 Å².